The van der Waals surface area contributed by atoms with Gasteiger partial charge in [0.15, 0.2) is 0 Å². The second kappa shape index (κ2) is 5.16. The highest BCUT2D eigenvalue weighted by Crippen LogP contribution is 2.25. The minimum absolute atomic E-state index is 0.0120. The Balaban J connectivity index is 2.20. The summed E-state index contributed by atoms with van der Waals surface area (Å²) in [5.74, 6) is -1.12. The number of carboxylic acid groups (broad SMARTS) is 1. The summed E-state index contributed by atoms with van der Waals surface area (Å²) >= 11 is 0.754. The molecule has 0 saturated carbocycles. The van der Waals surface area contributed by atoms with Crippen LogP contribution in [0.3, 0.4) is 0 Å². The molecular formula is C11H12N2O4S2. The predicted molar refractivity (Wildman–Crippen MR) is 70.8 cm³/mol. The summed E-state index contributed by atoms with van der Waals surface area (Å²) in [7, 11) is -3.68. The van der Waals surface area contributed by atoms with Crippen molar-refractivity contribution in [3.8, 4) is 0 Å². The minimum Gasteiger partial charge on any atom is -0.477 e. The van der Waals surface area contributed by atoms with Gasteiger partial charge in [-0.05, 0) is 30.2 Å². The lowest BCUT2D eigenvalue weighted by molar-refractivity contribution is 0.0701. The molecule has 102 valence electrons. The van der Waals surface area contributed by atoms with Gasteiger partial charge in [0.25, 0.3) is 0 Å². The molecule has 0 fully saturated rings. The number of aromatic amines is 1. The number of thiophene rings is 1. The number of carbonyl (C=O) groups is 1. The number of carboxylic acids is 1. The highest BCUT2D eigenvalue weighted by Gasteiger charge is 2.21. The van der Waals surface area contributed by atoms with Gasteiger partial charge in [-0.25, -0.2) is 17.9 Å². The van der Waals surface area contributed by atoms with Crippen molar-refractivity contribution in [1.82, 2.24) is 9.71 Å². The van der Waals surface area contributed by atoms with Gasteiger partial charge >= 0.3 is 5.97 Å². The number of hydrogen-bond donors (Lipinski definition) is 3. The summed E-state index contributed by atoms with van der Waals surface area (Å²) in [6.45, 7) is 1.73. The van der Waals surface area contributed by atoms with E-state index in [0.717, 1.165) is 16.9 Å². The zero-order chi connectivity index (χ0) is 14.0. The van der Waals surface area contributed by atoms with Crippen molar-refractivity contribution in [3.63, 3.8) is 0 Å². The lowest BCUT2D eigenvalue weighted by Gasteiger charge is -2.02. The number of aromatic carboxylic acids is 1. The zero-order valence-corrected chi connectivity index (χ0v) is 11.6. The van der Waals surface area contributed by atoms with Gasteiger partial charge < -0.3 is 10.1 Å². The smallest absolute Gasteiger partial charge is 0.346 e. The molecule has 2 heterocycles. The molecule has 0 saturated heterocycles. The third kappa shape index (κ3) is 3.03. The molecular weight excluding hydrogens is 288 g/mol. The van der Waals surface area contributed by atoms with Gasteiger partial charge in [0.2, 0.25) is 10.0 Å². The molecule has 6 nitrogen and oxygen atoms in total. The van der Waals surface area contributed by atoms with Crippen molar-refractivity contribution in [2.24, 2.45) is 0 Å². The van der Waals surface area contributed by atoms with Crippen LogP contribution < -0.4 is 4.72 Å². The fourth-order valence-electron chi connectivity index (χ4n) is 1.52. The summed E-state index contributed by atoms with van der Waals surface area (Å²) in [6, 6.07) is 3.12. The van der Waals surface area contributed by atoms with Crippen molar-refractivity contribution in [1.29, 1.82) is 0 Å². The Morgan fingerprint density at radius 1 is 1.53 bits per heavy atom. The van der Waals surface area contributed by atoms with Crippen LogP contribution in [0.15, 0.2) is 28.7 Å². The van der Waals surface area contributed by atoms with Gasteiger partial charge in [0, 0.05) is 18.9 Å². The molecule has 0 unspecified atom stereocenters. The maximum absolute atomic E-state index is 12.0. The van der Waals surface area contributed by atoms with Crippen LogP contribution in [-0.2, 0) is 16.6 Å². The van der Waals surface area contributed by atoms with Gasteiger partial charge in [-0.3, -0.25) is 0 Å². The standard InChI is InChI=1S/C11H12N2O4S2/c1-7-4-9(18-10(7)11(14)15)19(16,17)13-6-8-2-3-12-5-8/h2-5,12-13H,6H2,1H3,(H,14,15). The second-order valence-electron chi connectivity index (χ2n) is 3.93. The first-order valence-corrected chi connectivity index (χ1v) is 7.65. The number of nitrogens with one attached hydrogen (secondary N) is 2. The Morgan fingerprint density at radius 3 is 2.79 bits per heavy atom. The number of aromatic nitrogens is 1. The number of hydrogen-bond acceptors (Lipinski definition) is 4. The van der Waals surface area contributed by atoms with Gasteiger partial charge in [0.05, 0.1) is 0 Å². The zero-order valence-electron chi connectivity index (χ0n) is 10.0. The van der Waals surface area contributed by atoms with E-state index in [1.807, 2.05) is 0 Å². The van der Waals surface area contributed by atoms with Crippen LogP contribution in [0.1, 0.15) is 20.8 Å². The van der Waals surface area contributed by atoms with Crippen LogP contribution in [0.5, 0.6) is 0 Å². The third-order valence-electron chi connectivity index (χ3n) is 2.48. The lowest BCUT2D eigenvalue weighted by Crippen LogP contribution is -2.22. The molecule has 0 amide bonds. The van der Waals surface area contributed by atoms with Crippen molar-refractivity contribution in [2.45, 2.75) is 17.7 Å². The molecule has 0 atom stereocenters. The van der Waals surface area contributed by atoms with E-state index in [-0.39, 0.29) is 15.6 Å². The van der Waals surface area contributed by atoms with Gasteiger partial charge in [0.1, 0.15) is 9.09 Å². The molecule has 0 radical (unpaired) electrons. The van der Waals surface area contributed by atoms with E-state index in [2.05, 4.69) is 9.71 Å². The highest BCUT2D eigenvalue weighted by atomic mass is 32.2. The molecule has 2 rings (SSSR count). The molecule has 8 heteroatoms. The Morgan fingerprint density at radius 2 is 2.26 bits per heavy atom. The minimum atomic E-state index is -3.68. The largest absolute Gasteiger partial charge is 0.477 e. The van der Waals surface area contributed by atoms with Crippen LogP contribution >= 0.6 is 11.3 Å². The summed E-state index contributed by atoms with van der Waals surface area (Å²) in [5.41, 5.74) is 1.25. The Bertz CT molecular complexity index is 686. The maximum Gasteiger partial charge on any atom is 0.346 e. The van der Waals surface area contributed by atoms with Gasteiger partial charge in [-0.15, -0.1) is 11.3 Å². The Kier molecular flexibility index (Phi) is 3.74. The number of rotatable bonds is 5. The van der Waals surface area contributed by atoms with Crippen LogP contribution in [0.2, 0.25) is 0 Å². The molecule has 0 bridgehead atoms. The number of H-pyrrole nitrogens is 1. The molecule has 0 aromatic carbocycles. The van der Waals surface area contributed by atoms with E-state index in [0.29, 0.717) is 5.56 Å². The highest BCUT2D eigenvalue weighted by molar-refractivity contribution is 7.91. The van der Waals surface area contributed by atoms with E-state index < -0.39 is 16.0 Å². The van der Waals surface area contributed by atoms with Crippen molar-refractivity contribution >= 4 is 27.3 Å². The van der Waals surface area contributed by atoms with Crippen molar-refractivity contribution in [2.75, 3.05) is 0 Å². The molecule has 19 heavy (non-hydrogen) atoms. The Hall–Kier alpha value is -1.64. The molecule has 3 N–H and O–H groups in total. The second-order valence-corrected chi connectivity index (χ2v) is 6.97. The first kappa shape index (κ1) is 13.8. The predicted octanol–water partition coefficient (Wildman–Crippen LogP) is 1.56. The lowest BCUT2D eigenvalue weighted by atomic mass is 10.3. The van der Waals surface area contributed by atoms with E-state index >= 15 is 0 Å². The topological polar surface area (TPSA) is 99.3 Å². The van der Waals surface area contributed by atoms with E-state index in [9.17, 15) is 13.2 Å². The first-order chi connectivity index (χ1) is 8.90. The third-order valence-corrected chi connectivity index (χ3v) is 5.58. The summed E-state index contributed by atoms with van der Waals surface area (Å²) < 4.78 is 26.5. The average Bonchev–Trinajstić information content (AvgIpc) is 2.95. The van der Waals surface area contributed by atoms with E-state index in [4.69, 9.17) is 5.11 Å². The number of aryl methyl sites for hydroxylation is 1. The normalized spacial score (nSPS) is 11.6. The van der Waals surface area contributed by atoms with Crippen LogP contribution in [0.25, 0.3) is 0 Å². The quantitative estimate of drug-likeness (QED) is 0.780. The van der Waals surface area contributed by atoms with Crippen LogP contribution in [-0.4, -0.2) is 24.5 Å². The first-order valence-electron chi connectivity index (χ1n) is 5.35. The average molecular weight is 300 g/mol. The van der Waals surface area contributed by atoms with E-state index in [1.165, 1.54) is 6.07 Å². The van der Waals surface area contributed by atoms with Gasteiger partial charge in [-0.1, -0.05) is 0 Å². The molecule has 0 aliphatic heterocycles. The molecule has 2 aromatic heterocycles. The molecule has 2 aromatic rings. The van der Waals surface area contributed by atoms with E-state index in [1.54, 1.807) is 25.4 Å². The molecule has 0 aliphatic carbocycles. The summed E-state index contributed by atoms with van der Waals surface area (Å²) in [4.78, 5) is 13.8. The molecule has 0 aliphatic rings. The monoisotopic (exact) mass is 300 g/mol. The van der Waals surface area contributed by atoms with Crippen LogP contribution in [0, 0.1) is 6.92 Å². The van der Waals surface area contributed by atoms with Crippen molar-refractivity contribution < 1.29 is 18.3 Å². The number of sulfonamides is 1. The fraction of sp³-hybridized carbons (Fsp3) is 0.182. The molecule has 0 spiro atoms. The fourth-order valence-corrected chi connectivity index (χ4v) is 3.96. The summed E-state index contributed by atoms with van der Waals surface area (Å²) in [5, 5.41) is 8.92. The van der Waals surface area contributed by atoms with Crippen molar-refractivity contribution in [3.05, 3.63) is 40.5 Å². The Labute approximate surface area is 114 Å². The van der Waals surface area contributed by atoms with Crippen LogP contribution in [0.4, 0.5) is 0 Å². The van der Waals surface area contributed by atoms with Gasteiger partial charge in [-0.2, -0.15) is 0 Å². The maximum atomic E-state index is 12.0. The SMILES string of the molecule is Cc1cc(S(=O)(=O)NCc2cc[nH]c2)sc1C(=O)O. The summed E-state index contributed by atoms with van der Waals surface area (Å²) in [6.07, 6.45) is 3.38.